The molecule has 4 bridgehead atoms. The Labute approximate surface area is 176 Å². The fourth-order valence-electron chi connectivity index (χ4n) is 5.33. The van der Waals surface area contributed by atoms with Crippen molar-refractivity contribution in [2.45, 2.75) is 72.9 Å². The van der Waals surface area contributed by atoms with E-state index in [1.165, 1.54) is 36.0 Å². The van der Waals surface area contributed by atoms with E-state index in [2.05, 4.69) is 46.9 Å². The zero-order valence-corrected chi connectivity index (χ0v) is 20.4. The van der Waals surface area contributed by atoms with E-state index in [9.17, 15) is 4.79 Å². The van der Waals surface area contributed by atoms with Crippen LogP contribution in [0.3, 0.4) is 0 Å². The number of rotatable bonds is 1. The second-order valence-corrected chi connectivity index (χ2v) is 9.56. The monoisotopic (exact) mass is 434 g/mol. The van der Waals surface area contributed by atoms with Crippen LogP contribution in [0.25, 0.3) is 5.73 Å². The second kappa shape index (κ2) is 9.31. The number of amides is 1. The van der Waals surface area contributed by atoms with Gasteiger partial charge in [0.15, 0.2) is 0 Å². The van der Waals surface area contributed by atoms with E-state index < -0.39 is 0 Å². The summed E-state index contributed by atoms with van der Waals surface area (Å²) in [6.07, 6.45) is 9.32. The van der Waals surface area contributed by atoms with Crippen molar-refractivity contribution in [3.63, 3.8) is 0 Å². The van der Waals surface area contributed by atoms with Crippen molar-refractivity contribution < 1.29 is 31.0 Å². The van der Waals surface area contributed by atoms with E-state index in [4.69, 9.17) is 5.73 Å². The first-order chi connectivity index (χ1) is 11.2. The van der Waals surface area contributed by atoms with Crippen LogP contribution >= 0.6 is 0 Å². The van der Waals surface area contributed by atoms with Crippen molar-refractivity contribution in [3.8, 4) is 0 Å². The molecule has 5 aliphatic carbocycles. The number of nitrogens with one attached hydrogen (secondary N) is 1. The number of hydrogen-bond donors (Lipinski definition) is 0. The molecule has 0 heterocycles. The summed E-state index contributed by atoms with van der Waals surface area (Å²) in [7, 11) is 0.750. The Kier molecular flexibility index (Phi) is 8.60. The third-order valence-electron chi connectivity index (χ3n) is 6.68. The van der Waals surface area contributed by atoms with Crippen molar-refractivity contribution in [1.82, 2.24) is 0 Å². The molecule has 1 radical (unpaired) electrons. The molecule has 137 valence electrons. The van der Waals surface area contributed by atoms with Gasteiger partial charge in [-0.3, -0.25) is 6.08 Å². The average molecular weight is 436 g/mol. The van der Waals surface area contributed by atoms with E-state index in [-0.39, 0.29) is 37.5 Å². The number of allylic oxidation sites excluding steroid dienone is 4. The van der Waals surface area contributed by atoms with Gasteiger partial charge in [-0.1, -0.05) is 39.8 Å². The molecule has 5 aliphatic rings. The van der Waals surface area contributed by atoms with E-state index in [1.54, 1.807) is 0 Å². The van der Waals surface area contributed by atoms with Crippen LogP contribution in [0.2, 0.25) is 13.1 Å². The number of hydrogen-bond acceptors (Lipinski definition) is 1. The minimum atomic E-state index is -0.253. The van der Waals surface area contributed by atoms with Gasteiger partial charge in [-0.25, -0.2) is 5.57 Å². The molecule has 4 saturated carbocycles. The summed E-state index contributed by atoms with van der Waals surface area (Å²) in [4.78, 5) is 11.3. The molecular formula is C21H34NOSiZr. The van der Waals surface area contributed by atoms with Gasteiger partial charge in [0.05, 0.1) is 5.91 Å². The molecule has 3 atom stereocenters. The number of carbonyl (C=O) groups excluding carboxylic acids is 1. The van der Waals surface area contributed by atoms with Gasteiger partial charge in [-0.2, -0.15) is 11.1 Å². The van der Waals surface area contributed by atoms with Gasteiger partial charge >= 0.3 is 26.2 Å². The van der Waals surface area contributed by atoms with E-state index in [1.807, 2.05) is 0 Å². The van der Waals surface area contributed by atoms with Crippen LogP contribution < -0.4 is 0 Å². The molecule has 0 spiro atoms. The maximum atomic E-state index is 11.3. The molecule has 0 aliphatic heterocycles. The van der Waals surface area contributed by atoms with Crippen LogP contribution in [-0.4, -0.2) is 15.4 Å². The molecule has 0 aromatic rings. The standard InChI is InChI=1S/C10H15NO.C9H13.C2H7Si.Zr/c11-9(12)10-4-6-1-7(5-10)3-8(10)2-6;1-6-5-7(2)9(4)8(6)3;1-3-2;/h6-8H,1-5H2,(H2,11,12);6H,1-4H3;3H,1-2H3;/q;-1;;+2/p-1. The van der Waals surface area contributed by atoms with Crippen molar-refractivity contribution in [1.29, 1.82) is 0 Å². The molecule has 25 heavy (non-hydrogen) atoms. The smallest absolute Gasteiger partial charge is 0.667 e. The minimum Gasteiger partial charge on any atom is -0.667 e. The molecule has 1 N–H and O–H groups in total. The van der Waals surface area contributed by atoms with Gasteiger partial charge in [0, 0.05) is 14.9 Å². The Morgan fingerprint density at radius 2 is 1.60 bits per heavy atom. The van der Waals surface area contributed by atoms with Crippen LogP contribution in [0.1, 0.15) is 59.8 Å². The van der Waals surface area contributed by atoms with Crippen LogP contribution in [0.4, 0.5) is 0 Å². The van der Waals surface area contributed by atoms with Gasteiger partial charge in [0.2, 0.25) is 0 Å². The molecule has 3 unspecified atom stereocenters. The van der Waals surface area contributed by atoms with Gasteiger partial charge in [0.25, 0.3) is 0 Å². The average Bonchev–Trinajstić information content (AvgIpc) is 3.01. The minimum absolute atomic E-state index is 0. The Bertz CT molecular complexity index is 540. The Morgan fingerprint density at radius 3 is 1.84 bits per heavy atom. The van der Waals surface area contributed by atoms with Gasteiger partial charge < -0.3 is 10.5 Å². The summed E-state index contributed by atoms with van der Waals surface area (Å²) in [5.41, 5.74) is 11.5. The second-order valence-electron chi connectivity index (χ2n) is 8.41. The third kappa shape index (κ3) is 4.67. The maximum Gasteiger partial charge on any atom is 2.00 e. The first kappa shape index (κ1) is 23.1. The molecule has 2 nitrogen and oxygen atoms in total. The zero-order chi connectivity index (χ0) is 18.1. The van der Waals surface area contributed by atoms with Gasteiger partial charge in [-0.15, -0.1) is 6.92 Å². The Hall–Kier alpha value is 0.0500. The molecular weight excluding hydrogens is 402 g/mol. The first-order valence-corrected chi connectivity index (χ1v) is 11.8. The largest absolute Gasteiger partial charge is 2.00 e. The first-order valence-electron chi connectivity index (χ1n) is 9.53. The topological polar surface area (TPSA) is 40.9 Å². The maximum absolute atomic E-state index is 11.3. The van der Waals surface area contributed by atoms with Gasteiger partial charge in [0.1, 0.15) is 0 Å². The van der Waals surface area contributed by atoms with Crippen molar-refractivity contribution in [2.24, 2.45) is 29.1 Å². The fraction of sp³-hybridized carbons (Fsp3) is 0.762. The van der Waals surface area contributed by atoms with Crippen molar-refractivity contribution >= 4 is 15.4 Å². The van der Waals surface area contributed by atoms with Crippen molar-refractivity contribution in [3.05, 3.63) is 28.5 Å². The van der Waals surface area contributed by atoms with E-state index in [0.29, 0.717) is 11.8 Å². The van der Waals surface area contributed by atoms with Gasteiger partial charge in [-0.05, 0) is 49.9 Å². The van der Waals surface area contributed by atoms with E-state index in [0.717, 1.165) is 34.2 Å². The molecule has 0 aromatic heterocycles. The van der Waals surface area contributed by atoms with Crippen LogP contribution in [0, 0.1) is 35.2 Å². The Balaban J connectivity index is 0.000000216. The van der Waals surface area contributed by atoms with Crippen LogP contribution in [-0.2, 0) is 31.0 Å². The summed E-state index contributed by atoms with van der Waals surface area (Å²) < 4.78 is 0. The molecule has 4 heteroatoms. The summed E-state index contributed by atoms with van der Waals surface area (Å²) in [6.45, 7) is 13.1. The summed E-state index contributed by atoms with van der Waals surface area (Å²) >= 11 is 0. The quantitative estimate of drug-likeness (QED) is 0.388. The fourth-order valence-corrected chi connectivity index (χ4v) is 5.33. The predicted molar refractivity (Wildman–Crippen MR) is 104 cm³/mol. The van der Waals surface area contributed by atoms with Crippen LogP contribution in [0.5, 0.6) is 0 Å². The van der Waals surface area contributed by atoms with Crippen LogP contribution in [0.15, 0.2) is 16.7 Å². The van der Waals surface area contributed by atoms with E-state index >= 15 is 0 Å². The molecule has 0 saturated heterocycles. The summed E-state index contributed by atoms with van der Waals surface area (Å²) in [5.74, 6) is 2.52. The summed E-state index contributed by atoms with van der Waals surface area (Å²) in [5, 5.41) is 0. The molecule has 5 rings (SSSR count). The third-order valence-corrected chi connectivity index (χ3v) is 6.68. The molecule has 0 aromatic carbocycles. The Morgan fingerprint density at radius 1 is 1.12 bits per heavy atom. The normalized spacial score (nSPS) is 36.8. The molecule has 4 fully saturated rings. The summed E-state index contributed by atoms with van der Waals surface area (Å²) in [6, 6.07) is 0. The SMILES string of the molecule is CC1=[C-]C(C)C(C)=C1C.C[SiH]C.[NH-]C(=O)C12CC3CC(CC1C3)C2.[Zr+2]. The zero-order valence-electron chi connectivity index (χ0n) is 16.8. The predicted octanol–water partition coefficient (Wildman–Crippen LogP) is 5.63. The van der Waals surface area contributed by atoms with Crippen molar-refractivity contribution in [2.75, 3.05) is 0 Å². The molecule has 1 amide bonds. The number of carbonyl (C=O) groups is 1.